The molecule has 2 heterocycles. The molecule has 1 atom stereocenters. The van der Waals surface area contributed by atoms with Gasteiger partial charge in [0, 0.05) is 0 Å². The molecule has 0 spiro atoms. The summed E-state index contributed by atoms with van der Waals surface area (Å²) in [4.78, 5) is 32.4. The van der Waals surface area contributed by atoms with Gasteiger partial charge in [-0.15, -0.1) is 0 Å². The highest BCUT2D eigenvalue weighted by Gasteiger charge is 2.33. The van der Waals surface area contributed by atoms with Gasteiger partial charge in [0.1, 0.15) is 0 Å². The van der Waals surface area contributed by atoms with Crippen LogP contribution in [0.3, 0.4) is 0 Å². The normalized spacial score (nSPS) is 15.6. The lowest BCUT2D eigenvalue weighted by atomic mass is 9.93. The molecule has 6 rings (SSSR count). The Kier molecular flexibility index (Phi) is 6.28. The van der Waals surface area contributed by atoms with E-state index in [9.17, 15) is 9.59 Å². The average molecular weight is 533 g/mol. The first-order valence-corrected chi connectivity index (χ1v) is 13.8. The quantitative estimate of drug-likeness (QED) is 0.216. The van der Waals surface area contributed by atoms with Crippen molar-refractivity contribution >= 4 is 44.9 Å². The van der Waals surface area contributed by atoms with Crippen molar-refractivity contribution in [1.82, 2.24) is 4.57 Å². The zero-order valence-electron chi connectivity index (χ0n) is 22.3. The van der Waals surface area contributed by atoms with E-state index in [4.69, 9.17) is 9.73 Å². The molecule has 39 heavy (non-hydrogen) atoms. The second-order valence-corrected chi connectivity index (χ2v) is 11.1. The third kappa shape index (κ3) is 4.21. The van der Waals surface area contributed by atoms with Crippen LogP contribution in [-0.2, 0) is 9.53 Å². The zero-order chi connectivity index (χ0) is 27.3. The standard InChI is InChI=1S/C33H28N2O3S/c1-19(2)21-13-15-22(16-14-21)30-29(32(37)38-4)20(3)34-33-35(30)31(36)28(39-33)18-27-25-11-7-5-9-23(25)17-24-10-6-8-12-26(24)27/h5-19,30H,1-4H3. The highest BCUT2D eigenvalue weighted by atomic mass is 32.1. The van der Waals surface area contributed by atoms with Crippen LogP contribution >= 0.6 is 11.3 Å². The molecule has 0 amide bonds. The minimum absolute atomic E-state index is 0.178. The largest absolute Gasteiger partial charge is 0.466 e. The Balaban J connectivity index is 1.63. The van der Waals surface area contributed by atoms with Crippen LogP contribution < -0.4 is 14.9 Å². The summed E-state index contributed by atoms with van der Waals surface area (Å²) in [6.07, 6.45) is 1.98. The van der Waals surface area contributed by atoms with Crippen molar-refractivity contribution in [2.45, 2.75) is 32.7 Å². The van der Waals surface area contributed by atoms with E-state index in [2.05, 4.69) is 56.3 Å². The summed E-state index contributed by atoms with van der Waals surface area (Å²) in [5.74, 6) is -0.113. The van der Waals surface area contributed by atoms with Crippen LogP contribution in [-0.4, -0.2) is 17.6 Å². The van der Waals surface area contributed by atoms with Crippen LogP contribution in [0, 0.1) is 0 Å². The molecule has 0 aliphatic carbocycles. The predicted octanol–water partition coefficient (Wildman–Crippen LogP) is 5.84. The first-order valence-electron chi connectivity index (χ1n) is 13.0. The lowest BCUT2D eigenvalue weighted by Crippen LogP contribution is -2.39. The van der Waals surface area contributed by atoms with Crippen molar-refractivity contribution in [2.24, 2.45) is 4.99 Å². The maximum absolute atomic E-state index is 14.1. The van der Waals surface area contributed by atoms with Gasteiger partial charge in [-0.05, 0) is 63.2 Å². The van der Waals surface area contributed by atoms with Gasteiger partial charge in [0.2, 0.25) is 0 Å². The number of allylic oxidation sites excluding steroid dienone is 1. The van der Waals surface area contributed by atoms with Crippen molar-refractivity contribution in [3.8, 4) is 0 Å². The summed E-state index contributed by atoms with van der Waals surface area (Å²) < 4.78 is 7.36. The van der Waals surface area contributed by atoms with Crippen LogP contribution in [0.5, 0.6) is 0 Å². The number of carbonyl (C=O) groups excluding carboxylic acids is 1. The molecule has 6 heteroatoms. The Morgan fingerprint density at radius 3 is 2.18 bits per heavy atom. The maximum atomic E-state index is 14.1. The predicted molar refractivity (Wildman–Crippen MR) is 158 cm³/mol. The van der Waals surface area contributed by atoms with Crippen LogP contribution in [0.15, 0.2) is 99.9 Å². The molecule has 0 radical (unpaired) electrons. The number of carbonyl (C=O) groups is 1. The maximum Gasteiger partial charge on any atom is 0.338 e. The minimum Gasteiger partial charge on any atom is -0.466 e. The highest BCUT2D eigenvalue weighted by Crippen LogP contribution is 2.32. The number of methoxy groups -OCH3 is 1. The summed E-state index contributed by atoms with van der Waals surface area (Å²) >= 11 is 1.35. The van der Waals surface area contributed by atoms with Gasteiger partial charge in [0.25, 0.3) is 5.56 Å². The minimum atomic E-state index is -0.624. The van der Waals surface area contributed by atoms with E-state index in [1.165, 1.54) is 24.0 Å². The van der Waals surface area contributed by atoms with Crippen molar-refractivity contribution in [3.63, 3.8) is 0 Å². The Morgan fingerprint density at radius 2 is 1.59 bits per heavy atom. The van der Waals surface area contributed by atoms with E-state index in [1.54, 1.807) is 11.5 Å². The molecule has 5 nitrogen and oxygen atoms in total. The molecular weight excluding hydrogens is 504 g/mol. The topological polar surface area (TPSA) is 60.7 Å². The molecule has 5 aromatic rings. The Hall–Kier alpha value is -4.29. The Morgan fingerprint density at radius 1 is 0.974 bits per heavy atom. The van der Waals surface area contributed by atoms with Crippen molar-refractivity contribution in [2.75, 3.05) is 7.11 Å². The number of benzene rings is 4. The fraction of sp³-hybridized carbons (Fsp3) is 0.182. The fourth-order valence-corrected chi connectivity index (χ4v) is 6.44. The summed E-state index contributed by atoms with van der Waals surface area (Å²) in [6, 6.07) is 26.1. The molecule has 194 valence electrons. The van der Waals surface area contributed by atoms with Crippen LogP contribution in [0.2, 0.25) is 0 Å². The van der Waals surface area contributed by atoms with Crippen molar-refractivity contribution in [3.05, 3.63) is 127 Å². The molecule has 0 bridgehead atoms. The fourth-order valence-electron chi connectivity index (χ4n) is 5.41. The van der Waals surface area contributed by atoms with Crippen molar-refractivity contribution < 1.29 is 9.53 Å². The zero-order valence-corrected chi connectivity index (χ0v) is 23.1. The smallest absolute Gasteiger partial charge is 0.338 e. The van der Waals surface area contributed by atoms with E-state index in [-0.39, 0.29) is 5.56 Å². The van der Waals surface area contributed by atoms with E-state index < -0.39 is 12.0 Å². The van der Waals surface area contributed by atoms with Gasteiger partial charge < -0.3 is 4.74 Å². The number of thiazole rings is 1. The lowest BCUT2D eigenvalue weighted by molar-refractivity contribution is -0.136. The molecule has 4 aromatic carbocycles. The third-order valence-corrected chi connectivity index (χ3v) is 8.42. The van der Waals surface area contributed by atoms with Crippen LogP contribution in [0.1, 0.15) is 49.4 Å². The first-order chi connectivity index (χ1) is 18.9. The molecule has 1 aliphatic rings. The molecule has 0 saturated heterocycles. The Labute approximate surface area is 230 Å². The van der Waals surface area contributed by atoms with Crippen molar-refractivity contribution in [1.29, 1.82) is 0 Å². The number of aromatic nitrogens is 1. The van der Waals surface area contributed by atoms with Gasteiger partial charge in [0.15, 0.2) is 4.80 Å². The van der Waals surface area contributed by atoms with Gasteiger partial charge in [-0.25, -0.2) is 9.79 Å². The van der Waals surface area contributed by atoms with Crippen LogP contribution in [0.25, 0.3) is 27.6 Å². The van der Waals surface area contributed by atoms with E-state index in [0.29, 0.717) is 26.5 Å². The van der Waals surface area contributed by atoms with Gasteiger partial charge in [-0.3, -0.25) is 9.36 Å². The second-order valence-electron chi connectivity index (χ2n) is 10.1. The summed E-state index contributed by atoms with van der Waals surface area (Å²) in [6.45, 7) is 6.08. The van der Waals surface area contributed by atoms with Gasteiger partial charge in [-0.1, -0.05) is 98.0 Å². The van der Waals surface area contributed by atoms with E-state index >= 15 is 0 Å². The summed E-state index contributed by atoms with van der Waals surface area (Å²) in [7, 11) is 1.36. The molecule has 1 aliphatic heterocycles. The first kappa shape index (κ1) is 25.0. The number of ether oxygens (including phenoxy) is 1. The average Bonchev–Trinajstić information content (AvgIpc) is 3.25. The van der Waals surface area contributed by atoms with Gasteiger partial charge in [-0.2, -0.15) is 0 Å². The SMILES string of the molecule is COC(=O)C1=C(C)N=c2sc(=Cc3c4ccccc4cc4ccccc34)c(=O)n2C1c1ccc(C(C)C)cc1. The van der Waals surface area contributed by atoms with Crippen LogP contribution in [0.4, 0.5) is 0 Å². The number of rotatable bonds is 4. The molecule has 0 saturated carbocycles. The monoisotopic (exact) mass is 532 g/mol. The highest BCUT2D eigenvalue weighted by molar-refractivity contribution is 7.07. The number of hydrogen-bond acceptors (Lipinski definition) is 5. The number of fused-ring (bicyclic) bond motifs is 3. The van der Waals surface area contributed by atoms with E-state index in [1.807, 2.05) is 42.5 Å². The third-order valence-electron chi connectivity index (χ3n) is 7.43. The molecule has 0 N–H and O–H groups in total. The summed E-state index contributed by atoms with van der Waals surface area (Å²) in [5.41, 5.74) is 3.79. The number of hydrogen-bond donors (Lipinski definition) is 0. The van der Waals surface area contributed by atoms with Gasteiger partial charge >= 0.3 is 5.97 Å². The molecular formula is C33H28N2O3S. The Bertz CT molecular complexity index is 1920. The molecule has 1 unspecified atom stereocenters. The second kappa shape index (κ2) is 9.79. The molecule has 1 aromatic heterocycles. The summed E-state index contributed by atoms with van der Waals surface area (Å²) in [5, 5.41) is 4.38. The lowest BCUT2D eigenvalue weighted by Gasteiger charge is -2.24. The van der Waals surface area contributed by atoms with E-state index in [0.717, 1.165) is 32.7 Å². The van der Waals surface area contributed by atoms with Gasteiger partial charge in [0.05, 0.1) is 29.0 Å². The number of esters is 1. The number of nitrogens with zero attached hydrogens (tertiary/aromatic N) is 2. The molecule has 0 fully saturated rings.